The molecule has 0 heterocycles. The molecule has 100 valence electrons. The van der Waals surface area contributed by atoms with E-state index in [1.54, 1.807) is 12.1 Å². The first-order valence-corrected chi connectivity index (χ1v) is 6.25. The van der Waals surface area contributed by atoms with Crippen molar-refractivity contribution in [2.45, 2.75) is 38.3 Å². The van der Waals surface area contributed by atoms with Crippen molar-refractivity contribution in [1.82, 2.24) is 5.32 Å². The molecule has 0 aliphatic rings. The van der Waals surface area contributed by atoms with Crippen LogP contribution in [0.1, 0.15) is 38.3 Å². The van der Waals surface area contributed by atoms with Crippen molar-refractivity contribution in [3.05, 3.63) is 35.9 Å². The third-order valence-corrected chi connectivity index (χ3v) is 3.49. The first kappa shape index (κ1) is 14.7. The van der Waals surface area contributed by atoms with Crippen LogP contribution in [0.25, 0.3) is 0 Å². The van der Waals surface area contributed by atoms with Crippen LogP contribution >= 0.6 is 0 Å². The number of benzene rings is 1. The summed E-state index contributed by atoms with van der Waals surface area (Å²) in [5.41, 5.74) is 0.156. The van der Waals surface area contributed by atoms with Crippen LogP contribution in [0, 0.1) is 0 Å². The molecule has 1 unspecified atom stereocenters. The van der Waals surface area contributed by atoms with Gasteiger partial charge >= 0.3 is 5.97 Å². The summed E-state index contributed by atoms with van der Waals surface area (Å²) in [6.45, 7) is 3.81. The van der Waals surface area contributed by atoms with Gasteiger partial charge in [-0.3, -0.25) is 10.1 Å². The fourth-order valence-corrected chi connectivity index (χ4v) is 1.96. The van der Waals surface area contributed by atoms with E-state index in [4.69, 9.17) is 0 Å². The van der Waals surface area contributed by atoms with Gasteiger partial charge in [-0.15, -0.1) is 0 Å². The predicted molar refractivity (Wildman–Crippen MR) is 70.4 cm³/mol. The molecule has 0 aliphatic heterocycles. The Morgan fingerprint density at radius 1 is 1.28 bits per heavy atom. The number of aliphatic carboxylic acids is 1. The highest BCUT2D eigenvalue weighted by molar-refractivity contribution is 5.75. The average molecular weight is 251 g/mol. The minimum absolute atomic E-state index is 0.0728. The van der Waals surface area contributed by atoms with Crippen molar-refractivity contribution < 1.29 is 15.0 Å². The molecule has 1 aromatic rings. The molecular weight excluding hydrogens is 230 g/mol. The summed E-state index contributed by atoms with van der Waals surface area (Å²) in [7, 11) is 0. The third-order valence-electron chi connectivity index (χ3n) is 3.49. The molecule has 1 atom stereocenters. The number of hydrogen-bond donors (Lipinski definition) is 3. The molecule has 1 rings (SSSR count). The summed E-state index contributed by atoms with van der Waals surface area (Å²) in [6.07, 6.45) is 1.35. The lowest BCUT2D eigenvalue weighted by molar-refractivity contribution is -0.140. The highest BCUT2D eigenvalue weighted by Gasteiger charge is 2.32. The Morgan fingerprint density at radius 2 is 1.83 bits per heavy atom. The monoisotopic (exact) mass is 251 g/mol. The highest BCUT2D eigenvalue weighted by Crippen LogP contribution is 2.22. The van der Waals surface area contributed by atoms with Crippen LogP contribution in [0.15, 0.2) is 30.3 Å². The second-order valence-corrected chi connectivity index (χ2v) is 4.47. The number of rotatable bonds is 7. The summed E-state index contributed by atoms with van der Waals surface area (Å²) in [5.74, 6) is -0.930. The van der Waals surface area contributed by atoms with Crippen molar-refractivity contribution in [2.75, 3.05) is 6.61 Å². The molecular formula is C14H21NO3. The van der Waals surface area contributed by atoms with Crippen LogP contribution < -0.4 is 5.32 Å². The summed E-state index contributed by atoms with van der Waals surface area (Å²) >= 11 is 0. The van der Waals surface area contributed by atoms with Gasteiger partial charge in [0.2, 0.25) is 0 Å². The molecule has 0 spiro atoms. The minimum atomic E-state index is -0.930. The molecule has 0 fully saturated rings. The lowest BCUT2D eigenvalue weighted by Crippen LogP contribution is -2.51. The zero-order valence-corrected chi connectivity index (χ0v) is 10.9. The van der Waals surface area contributed by atoms with E-state index in [1.807, 2.05) is 32.0 Å². The van der Waals surface area contributed by atoms with E-state index in [0.717, 1.165) is 0 Å². The van der Waals surface area contributed by atoms with Gasteiger partial charge < -0.3 is 10.2 Å². The van der Waals surface area contributed by atoms with Gasteiger partial charge in [0.1, 0.15) is 6.04 Å². The summed E-state index contributed by atoms with van der Waals surface area (Å²) < 4.78 is 0. The van der Waals surface area contributed by atoms with Crippen molar-refractivity contribution in [3.8, 4) is 0 Å². The number of carboxylic acid groups (broad SMARTS) is 1. The van der Waals surface area contributed by atoms with Crippen LogP contribution in [0.5, 0.6) is 0 Å². The van der Waals surface area contributed by atoms with Gasteiger partial charge in [0.05, 0.1) is 6.61 Å². The average Bonchev–Trinajstić information content (AvgIpc) is 2.42. The van der Waals surface area contributed by atoms with Crippen molar-refractivity contribution >= 4 is 5.97 Å². The largest absolute Gasteiger partial charge is 0.480 e. The van der Waals surface area contributed by atoms with E-state index in [2.05, 4.69) is 5.32 Å². The fraction of sp³-hybridized carbons (Fsp3) is 0.500. The topological polar surface area (TPSA) is 69.6 Å². The lowest BCUT2D eigenvalue weighted by Gasteiger charge is -2.34. The molecule has 4 heteroatoms. The number of hydrogen-bond acceptors (Lipinski definition) is 3. The maximum atomic E-state index is 11.4. The zero-order valence-electron chi connectivity index (χ0n) is 10.9. The summed E-state index contributed by atoms with van der Waals surface area (Å²) in [5, 5.41) is 21.9. The van der Waals surface area contributed by atoms with Crippen molar-refractivity contribution in [1.29, 1.82) is 0 Å². The van der Waals surface area contributed by atoms with Gasteiger partial charge in [-0.05, 0) is 18.4 Å². The molecule has 0 amide bonds. The molecule has 0 aliphatic carbocycles. The number of carbonyl (C=O) groups is 1. The Balaban J connectivity index is 2.97. The standard InChI is InChI=1S/C14H21NO3/c1-3-14(4-2,10-16)15-12(13(17)18)11-8-6-5-7-9-11/h5-9,12,15-16H,3-4,10H2,1-2H3,(H,17,18). The molecule has 3 N–H and O–H groups in total. The molecule has 18 heavy (non-hydrogen) atoms. The molecule has 0 saturated carbocycles. The SMILES string of the molecule is CCC(CC)(CO)NC(C(=O)O)c1ccccc1. The fourth-order valence-electron chi connectivity index (χ4n) is 1.96. The third kappa shape index (κ3) is 3.31. The van der Waals surface area contributed by atoms with Crippen LogP contribution in [0.2, 0.25) is 0 Å². The van der Waals surface area contributed by atoms with E-state index in [1.165, 1.54) is 0 Å². The Morgan fingerprint density at radius 3 is 2.22 bits per heavy atom. The van der Waals surface area contributed by atoms with Crippen LogP contribution in [-0.2, 0) is 4.79 Å². The molecule has 0 aromatic heterocycles. The Labute approximate surface area is 108 Å². The number of nitrogens with one attached hydrogen (secondary N) is 1. The summed E-state index contributed by atoms with van der Waals surface area (Å²) in [4.78, 5) is 11.4. The van der Waals surface area contributed by atoms with Gasteiger partial charge in [-0.2, -0.15) is 0 Å². The molecule has 1 aromatic carbocycles. The van der Waals surface area contributed by atoms with E-state index in [9.17, 15) is 15.0 Å². The van der Waals surface area contributed by atoms with Crippen LogP contribution in [-0.4, -0.2) is 28.3 Å². The first-order valence-electron chi connectivity index (χ1n) is 6.25. The quantitative estimate of drug-likeness (QED) is 0.693. The first-order chi connectivity index (χ1) is 8.58. The van der Waals surface area contributed by atoms with Gasteiger partial charge in [0.15, 0.2) is 0 Å². The second-order valence-electron chi connectivity index (χ2n) is 4.47. The van der Waals surface area contributed by atoms with Gasteiger partial charge in [0, 0.05) is 5.54 Å². The van der Waals surface area contributed by atoms with Crippen LogP contribution in [0.3, 0.4) is 0 Å². The van der Waals surface area contributed by atoms with E-state index in [0.29, 0.717) is 18.4 Å². The summed E-state index contributed by atoms with van der Waals surface area (Å²) in [6, 6.07) is 8.23. The van der Waals surface area contributed by atoms with E-state index in [-0.39, 0.29) is 6.61 Å². The number of aliphatic hydroxyl groups excluding tert-OH is 1. The highest BCUT2D eigenvalue weighted by atomic mass is 16.4. The Hall–Kier alpha value is -1.39. The lowest BCUT2D eigenvalue weighted by atomic mass is 9.91. The molecule has 0 bridgehead atoms. The number of carboxylic acids is 1. The number of aliphatic hydroxyl groups is 1. The van der Waals surface area contributed by atoms with Crippen molar-refractivity contribution in [3.63, 3.8) is 0 Å². The zero-order chi connectivity index (χ0) is 13.6. The van der Waals surface area contributed by atoms with Crippen LogP contribution in [0.4, 0.5) is 0 Å². The Kier molecular flexibility index (Phi) is 5.31. The maximum absolute atomic E-state index is 11.4. The van der Waals surface area contributed by atoms with E-state index >= 15 is 0 Å². The van der Waals surface area contributed by atoms with Gasteiger partial charge in [-0.1, -0.05) is 44.2 Å². The van der Waals surface area contributed by atoms with Gasteiger partial charge in [-0.25, -0.2) is 0 Å². The predicted octanol–water partition coefficient (Wildman–Crippen LogP) is 1.95. The van der Waals surface area contributed by atoms with Crippen molar-refractivity contribution in [2.24, 2.45) is 0 Å². The molecule has 0 radical (unpaired) electrons. The molecule has 4 nitrogen and oxygen atoms in total. The second kappa shape index (κ2) is 6.52. The maximum Gasteiger partial charge on any atom is 0.325 e. The van der Waals surface area contributed by atoms with E-state index < -0.39 is 17.6 Å². The smallest absolute Gasteiger partial charge is 0.325 e. The Bertz CT molecular complexity index is 366. The normalized spacial score (nSPS) is 13.3. The molecule has 0 saturated heterocycles. The van der Waals surface area contributed by atoms with Gasteiger partial charge in [0.25, 0.3) is 0 Å². The minimum Gasteiger partial charge on any atom is -0.480 e.